The summed E-state index contributed by atoms with van der Waals surface area (Å²) in [6.07, 6.45) is 0.795. The Labute approximate surface area is 140 Å². The standard InChI is InChI=1S/C18H23NO5/c1-19(22)8-7-17-14-10-3-4-12(23-2)15(14)24-16(17)11(20)5-6-18(17,21)13(19)9-10/h3-4,11,13,16,20-21H,5-9H2,1-2H3/t11-,13-,16+,17+,18-,19+/m1/s1. The van der Waals surface area contributed by atoms with Crippen molar-refractivity contribution in [2.75, 3.05) is 20.7 Å². The molecule has 2 aliphatic heterocycles. The van der Waals surface area contributed by atoms with Gasteiger partial charge in [0, 0.05) is 18.4 Å². The van der Waals surface area contributed by atoms with Crippen LogP contribution in [0.4, 0.5) is 0 Å². The topological polar surface area (TPSA) is 82.0 Å². The molecule has 2 aliphatic carbocycles. The second-order valence-electron chi connectivity index (χ2n) is 8.04. The molecule has 6 atom stereocenters. The van der Waals surface area contributed by atoms with E-state index in [0.29, 0.717) is 43.7 Å². The molecular weight excluding hydrogens is 310 g/mol. The highest BCUT2D eigenvalue weighted by molar-refractivity contribution is 5.62. The molecule has 5 rings (SSSR count). The second kappa shape index (κ2) is 4.25. The molecule has 24 heavy (non-hydrogen) atoms. The van der Waals surface area contributed by atoms with Gasteiger partial charge >= 0.3 is 0 Å². The maximum atomic E-state index is 13.1. The lowest BCUT2D eigenvalue weighted by atomic mass is 9.48. The number of hydrogen-bond acceptors (Lipinski definition) is 5. The fourth-order valence-corrected chi connectivity index (χ4v) is 6.05. The van der Waals surface area contributed by atoms with Gasteiger partial charge in [0.2, 0.25) is 0 Å². The van der Waals surface area contributed by atoms with Crippen molar-refractivity contribution in [1.82, 2.24) is 0 Å². The fraction of sp³-hybridized carbons (Fsp3) is 0.667. The molecule has 1 spiro atoms. The first kappa shape index (κ1) is 15.0. The molecule has 0 radical (unpaired) electrons. The van der Waals surface area contributed by atoms with Crippen LogP contribution in [-0.2, 0) is 11.8 Å². The quantitative estimate of drug-likeness (QED) is 0.588. The second-order valence-corrected chi connectivity index (χ2v) is 8.04. The molecule has 2 heterocycles. The summed E-state index contributed by atoms with van der Waals surface area (Å²) in [5, 5.41) is 35.5. The average Bonchev–Trinajstić information content (AvgIpc) is 2.90. The zero-order valence-electron chi connectivity index (χ0n) is 14.0. The predicted octanol–water partition coefficient (Wildman–Crippen LogP) is 0.853. The summed E-state index contributed by atoms with van der Waals surface area (Å²) >= 11 is 0. The summed E-state index contributed by atoms with van der Waals surface area (Å²) in [6.45, 7) is 0.426. The SMILES string of the molecule is COc1ccc2c3c1O[C@H]1[C@H](O)CC[C@@]4(O)[C@@H](C2)[N@@+](C)([O-])CC[C@]314. The lowest BCUT2D eigenvalue weighted by Gasteiger charge is -2.66. The molecule has 2 bridgehead atoms. The van der Waals surface area contributed by atoms with Crippen molar-refractivity contribution in [2.24, 2.45) is 0 Å². The van der Waals surface area contributed by atoms with Crippen LogP contribution in [0.3, 0.4) is 0 Å². The third-order valence-electron chi connectivity index (χ3n) is 7.12. The van der Waals surface area contributed by atoms with Gasteiger partial charge in [0.05, 0.1) is 32.2 Å². The number of aliphatic hydroxyl groups is 2. The zero-order valence-corrected chi connectivity index (χ0v) is 14.0. The molecule has 0 amide bonds. The Hall–Kier alpha value is -1.34. The van der Waals surface area contributed by atoms with E-state index in [1.165, 1.54) is 0 Å². The van der Waals surface area contributed by atoms with Crippen LogP contribution in [0.15, 0.2) is 12.1 Å². The molecule has 4 aliphatic rings. The molecule has 6 nitrogen and oxygen atoms in total. The van der Waals surface area contributed by atoms with E-state index >= 15 is 0 Å². The Morgan fingerprint density at radius 1 is 1.38 bits per heavy atom. The van der Waals surface area contributed by atoms with E-state index in [9.17, 15) is 15.4 Å². The number of hydroxylamine groups is 3. The monoisotopic (exact) mass is 333 g/mol. The van der Waals surface area contributed by atoms with Crippen molar-refractivity contribution < 1.29 is 24.3 Å². The van der Waals surface area contributed by atoms with E-state index in [0.717, 1.165) is 11.1 Å². The number of quaternary nitrogens is 1. The predicted molar refractivity (Wildman–Crippen MR) is 85.8 cm³/mol. The number of ether oxygens (including phenoxy) is 2. The smallest absolute Gasteiger partial charge is 0.166 e. The van der Waals surface area contributed by atoms with Gasteiger partial charge in [-0.25, -0.2) is 0 Å². The van der Waals surface area contributed by atoms with Gasteiger partial charge in [-0.1, -0.05) is 6.07 Å². The van der Waals surface area contributed by atoms with Crippen LogP contribution in [-0.4, -0.2) is 59.4 Å². The van der Waals surface area contributed by atoms with Gasteiger partial charge in [0.25, 0.3) is 0 Å². The van der Waals surface area contributed by atoms with Gasteiger partial charge in [-0.05, 0) is 24.5 Å². The first-order chi connectivity index (χ1) is 11.3. The summed E-state index contributed by atoms with van der Waals surface area (Å²) < 4.78 is 11.2. The molecule has 1 saturated carbocycles. The summed E-state index contributed by atoms with van der Waals surface area (Å²) in [5.74, 6) is 1.29. The highest BCUT2D eigenvalue weighted by Crippen LogP contribution is 2.66. The maximum Gasteiger partial charge on any atom is 0.166 e. The number of benzene rings is 1. The molecule has 6 heteroatoms. The van der Waals surface area contributed by atoms with Crippen LogP contribution < -0.4 is 9.47 Å². The van der Waals surface area contributed by atoms with Crippen LogP contribution >= 0.6 is 0 Å². The number of methoxy groups -OCH3 is 1. The summed E-state index contributed by atoms with van der Waals surface area (Å²) in [4.78, 5) is 0. The van der Waals surface area contributed by atoms with E-state index < -0.39 is 33.9 Å². The van der Waals surface area contributed by atoms with Crippen molar-refractivity contribution in [3.05, 3.63) is 28.5 Å². The number of nitrogens with zero attached hydrogens (tertiary/aromatic N) is 1. The van der Waals surface area contributed by atoms with Gasteiger partial charge in [0.15, 0.2) is 11.5 Å². The van der Waals surface area contributed by atoms with Gasteiger partial charge in [-0.15, -0.1) is 0 Å². The lowest BCUT2D eigenvalue weighted by Crippen LogP contribution is -2.79. The Bertz CT molecular complexity index is 734. The minimum Gasteiger partial charge on any atom is -0.633 e. The first-order valence-electron chi connectivity index (χ1n) is 8.69. The number of piperidine rings is 1. The van der Waals surface area contributed by atoms with E-state index in [-0.39, 0.29) is 0 Å². The normalized spacial score (nSPS) is 47.8. The van der Waals surface area contributed by atoms with E-state index in [2.05, 4.69) is 0 Å². The molecule has 0 unspecified atom stereocenters. The van der Waals surface area contributed by atoms with Gasteiger partial charge in [-0.3, -0.25) is 0 Å². The van der Waals surface area contributed by atoms with Crippen LogP contribution in [0, 0.1) is 5.21 Å². The number of hydrogen-bond donors (Lipinski definition) is 2. The Kier molecular flexibility index (Phi) is 2.65. The van der Waals surface area contributed by atoms with Gasteiger partial charge in [-0.2, -0.15) is 0 Å². The van der Waals surface area contributed by atoms with Gasteiger partial charge < -0.3 is 29.5 Å². The third kappa shape index (κ3) is 1.39. The van der Waals surface area contributed by atoms with Crippen molar-refractivity contribution >= 4 is 0 Å². The average molecular weight is 333 g/mol. The molecule has 130 valence electrons. The van der Waals surface area contributed by atoms with Crippen LogP contribution in [0.25, 0.3) is 0 Å². The molecule has 1 aromatic carbocycles. The molecule has 0 aromatic heterocycles. The molecule has 2 fully saturated rings. The Morgan fingerprint density at radius 2 is 2.17 bits per heavy atom. The van der Waals surface area contributed by atoms with E-state index in [1.54, 1.807) is 14.2 Å². The van der Waals surface area contributed by atoms with Crippen LogP contribution in [0.1, 0.15) is 30.4 Å². The van der Waals surface area contributed by atoms with Crippen LogP contribution in [0.5, 0.6) is 11.5 Å². The molecular formula is C18H23NO5. The minimum absolute atomic E-state index is 0.420. The fourth-order valence-electron chi connectivity index (χ4n) is 6.05. The summed E-state index contributed by atoms with van der Waals surface area (Å²) in [7, 11) is 3.27. The van der Waals surface area contributed by atoms with Crippen LogP contribution in [0.2, 0.25) is 0 Å². The summed E-state index contributed by atoms with van der Waals surface area (Å²) in [5.41, 5.74) is 0.187. The number of likely N-dealkylation sites (tertiary alicyclic amines) is 1. The molecule has 1 saturated heterocycles. The first-order valence-corrected chi connectivity index (χ1v) is 8.69. The summed E-state index contributed by atoms with van der Waals surface area (Å²) in [6, 6.07) is 3.44. The zero-order chi connectivity index (χ0) is 16.9. The number of rotatable bonds is 1. The Balaban J connectivity index is 1.84. The van der Waals surface area contributed by atoms with E-state index in [4.69, 9.17) is 9.47 Å². The third-order valence-corrected chi connectivity index (χ3v) is 7.12. The van der Waals surface area contributed by atoms with E-state index in [1.807, 2.05) is 12.1 Å². The van der Waals surface area contributed by atoms with Crippen molar-refractivity contribution in [3.63, 3.8) is 0 Å². The largest absolute Gasteiger partial charge is 0.633 e. The number of aliphatic hydroxyl groups excluding tert-OH is 1. The molecule has 2 N–H and O–H groups in total. The van der Waals surface area contributed by atoms with Crippen molar-refractivity contribution in [2.45, 2.75) is 54.9 Å². The highest BCUT2D eigenvalue weighted by atomic mass is 16.6. The minimum atomic E-state index is -1.14. The number of likely N-dealkylation sites (N-methyl/N-ethyl adjacent to an activating group) is 1. The van der Waals surface area contributed by atoms with Crippen molar-refractivity contribution in [1.29, 1.82) is 0 Å². The maximum absolute atomic E-state index is 13.1. The van der Waals surface area contributed by atoms with Crippen molar-refractivity contribution in [3.8, 4) is 11.5 Å². The Morgan fingerprint density at radius 3 is 2.92 bits per heavy atom. The van der Waals surface area contributed by atoms with Gasteiger partial charge in [0.1, 0.15) is 17.7 Å². The molecule has 1 aromatic rings. The highest BCUT2D eigenvalue weighted by Gasteiger charge is 2.75. The lowest BCUT2D eigenvalue weighted by molar-refractivity contribution is -0.904.